The summed E-state index contributed by atoms with van der Waals surface area (Å²) in [7, 11) is -3.61. The topological polar surface area (TPSA) is 88.1 Å². The van der Waals surface area contributed by atoms with Crippen LogP contribution in [0.25, 0.3) is 11.1 Å². The molecule has 304 valence electrons. The second-order valence-electron chi connectivity index (χ2n) is 15.6. The lowest BCUT2D eigenvalue weighted by Crippen LogP contribution is -2.45. The summed E-state index contributed by atoms with van der Waals surface area (Å²) in [5.74, 6) is 0.129. The number of nitrogens with zero attached hydrogens (tertiary/aromatic N) is 1. The maximum atomic E-state index is 12.8. The van der Waals surface area contributed by atoms with Crippen molar-refractivity contribution in [3.63, 3.8) is 0 Å². The zero-order valence-electron chi connectivity index (χ0n) is 34.1. The Bertz CT molecular complexity index is 1780. The average Bonchev–Trinajstić information content (AvgIpc) is 3.23. The Hall–Kier alpha value is -3.37. The molecule has 56 heavy (non-hydrogen) atoms. The van der Waals surface area contributed by atoms with Crippen LogP contribution in [0.15, 0.2) is 108 Å². The first-order valence-corrected chi connectivity index (χ1v) is 22.8. The Morgan fingerprint density at radius 3 is 1.88 bits per heavy atom. The number of rotatable bonds is 24. The molecule has 7 nitrogen and oxygen atoms in total. The first-order chi connectivity index (χ1) is 27.3. The predicted molar refractivity (Wildman–Crippen MR) is 229 cm³/mol. The number of nitrogens with one attached hydrogen (secondary N) is 1. The second kappa shape index (κ2) is 23.1. The number of hydrogen-bond acceptors (Lipinski definition) is 6. The minimum absolute atomic E-state index is 0.0140. The minimum atomic E-state index is -3.61. The van der Waals surface area contributed by atoms with Gasteiger partial charge in [-0.25, -0.2) is 13.1 Å². The Morgan fingerprint density at radius 1 is 0.643 bits per heavy atom. The number of hydrogen-bond donors (Lipinski definition) is 2. The number of sulfonamides is 1. The molecule has 0 amide bonds. The highest BCUT2D eigenvalue weighted by Crippen LogP contribution is 2.42. The van der Waals surface area contributed by atoms with Crippen molar-refractivity contribution in [1.29, 1.82) is 0 Å². The smallest absolute Gasteiger partial charge is 0.240 e. The normalized spacial score (nSPS) is 18.7. The third kappa shape index (κ3) is 13.4. The van der Waals surface area contributed by atoms with Gasteiger partial charge in [0.1, 0.15) is 0 Å². The summed E-state index contributed by atoms with van der Waals surface area (Å²) in [6.45, 7) is 10.1. The van der Waals surface area contributed by atoms with E-state index >= 15 is 0 Å². The van der Waals surface area contributed by atoms with Crippen molar-refractivity contribution in [2.75, 3.05) is 19.6 Å². The fraction of sp³-hybridized carbons (Fsp3) is 0.500. The molecule has 4 aromatic carbocycles. The van der Waals surface area contributed by atoms with Crippen LogP contribution in [0.2, 0.25) is 0 Å². The lowest BCUT2D eigenvalue weighted by Gasteiger charge is -2.43. The molecule has 0 aliphatic carbocycles. The lowest BCUT2D eigenvalue weighted by atomic mass is 9.89. The van der Waals surface area contributed by atoms with E-state index in [1.807, 2.05) is 36.4 Å². The number of aliphatic hydroxyl groups is 1. The van der Waals surface area contributed by atoms with Crippen molar-refractivity contribution < 1.29 is 23.0 Å². The molecule has 5 rings (SSSR count). The first-order valence-electron chi connectivity index (χ1n) is 21.3. The first kappa shape index (κ1) is 43.7. The Labute approximate surface area is 337 Å². The van der Waals surface area contributed by atoms with E-state index in [4.69, 9.17) is 9.47 Å². The standard InChI is InChI=1S/C48H66N2O5S/c1-4-6-8-10-12-17-32-50(33-18-13-11-9-7-5-2)36-46-38(3)47(42-26-24-39(37-51)25-27-42)55-48(54-46)43-30-28-41(29-31-43)44-21-19-20-40(34-44)35-49-56(52,53)45-22-15-14-16-23-45/h14-16,19-31,34,38,46-49,51H,4-13,17-18,32-33,35-37H2,1-3H3/t38-,46+,47+,48+/m0/s1. The SMILES string of the molecule is CCCCCCCCN(CCCCCCCC)C[C@H]1O[C@@H](c2ccc(-c3cccc(CNS(=O)(=O)c4ccccc4)c3)cc2)O[C@@H](c2ccc(CO)cc2)[C@H]1C. The van der Waals surface area contributed by atoms with Gasteiger partial charge in [0.15, 0.2) is 6.29 Å². The van der Waals surface area contributed by atoms with E-state index in [2.05, 4.69) is 66.8 Å². The lowest BCUT2D eigenvalue weighted by molar-refractivity contribution is -0.276. The highest BCUT2D eigenvalue weighted by atomic mass is 32.2. The molecule has 0 radical (unpaired) electrons. The maximum absolute atomic E-state index is 12.8. The molecular formula is C48H66N2O5S. The molecule has 1 heterocycles. The van der Waals surface area contributed by atoms with Crippen LogP contribution >= 0.6 is 0 Å². The summed E-state index contributed by atoms with van der Waals surface area (Å²) >= 11 is 0. The van der Waals surface area contributed by atoms with Crippen LogP contribution in [0.4, 0.5) is 0 Å². The van der Waals surface area contributed by atoms with Crippen molar-refractivity contribution in [3.05, 3.63) is 125 Å². The van der Waals surface area contributed by atoms with Gasteiger partial charge < -0.3 is 19.5 Å². The van der Waals surface area contributed by atoms with Gasteiger partial charge in [-0.05, 0) is 71.9 Å². The zero-order valence-corrected chi connectivity index (χ0v) is 34.9. The van der Waals surface area contributed by atoms with Crippen LogP contribution < -0.4 is 4.72 Å². The fourth-order valence-corrected chi connectivity index (χ4v) is 8.70. The molecule has 0 unspecified atom stereocenters. The Morgan fingerprint density at radius 2 is 1.25 bits per heavy atom. The van der Waals surface area contributed by atoms with E-state index in [9.17, 15) is 13.5 Å². The highest BCUT2D eigenvalue weighted by molar-refractivity contribution is 7.89. The van der Waals surface area contributed by atoms with Gasteiger partial charge in [-0.1, -0.05) is 170 Å². The average molecular weight is 783 g/mol. The van der Waals surface area contributed by atoms with Crippen molar-refractivity contribution >= 4 is 10.0 Å². The largest absolute Gasteiger partial charge is 0.392 e. The van der Waals surface area contributed by atoms with Gasteiger partial charge in [-0.15, -0.1) is 0 Å². The number of aliphatic hydroxyl groups excluding tert-OH is 1. The summed E-state index contributed by atoms with van der Waals surface area (Å²) in [5.41, 5.74) is 5.87. The van der Waals surface area contributed by atoms with Crippen molar-refractivity contribution in [2.45, 2.75) is 134 Å². The zero-order chi connectivity index (χ0) is 39.6. The molecule has 4 aromatic rings. The predicted octanol–water partition coefficient (Wildman–Crippen LogP) is 11.1. The summed E-state index contributed by atoms with van der Waals surface area (Å²) in [4.78, 5) is 2.91. The van der Waals surface area contributed by atoms with Gasteiger partial charge in [0.25, 0.3) is 0 Å². The Kier molecular flexibility index (Phi) is 18.1. The van der Waals surface area contributed by atoms with Crippen LogP contribution in [0.3, 0.4) is 0 Å². The monoisotopic (exact) mass is 782 g/mol. The van der Waals surface area contributed by atoms with Crippen molar-refractivity contribution in [2.24, 2.45) is 5.92 Å². The minimum Gasteiger partial charge on any atom is -0.392 e. The van der Waals surface area contributed by atoms with E-state index in [1.54, 1.807) is 30.3 Å². The van der Waals surface area contributed by atoms with Crippen LogP contribution in [0.5, 0.6) is 0 Å². The molecule has 0 aromatic heterocycles. The third-order valence-corrected chi connectivity index (χ3v) is 12.6. The number of benzene rings is 4. The molecule has 2 N–H and O–H groups in total. The summed E-state index contributed by atoms with van der Waals surface area (Å²) < 4.78 is 42.1. The van der Waals surface area contributed by atoms with Crippen LogP contribution in [-0.4, -0.2) is 44.2 Å². The molecule has 8 heteroatoms. The molecule has 1 aliphatic heterocycles. The second-order valence-corrected chi connectivity index (χ2v) is 17.4. The number of ether oxygens (including phenoxy) is 2. The summed E-state index contributed by atoms with van der Waals surface area (Å²) in [5, 5.41) is 9.72. The Balaban J connectivity index is 1.31. The summed E-state index contributed by atoms with van der Waals surface area (Å²) in [6.07, 6.45) is 14.7. The maximum Gasteiger partial charge on any atom is 0.240 e. The molecule has 1 saturated heterocycles. The van der Waals surface area contributed by atoms with Crippen LogP contribution in [0, 0.1) is 5.92 Å². The molecule has 0 spiro atoms. The molecule has 1 fully saturated rings. The van der Waals surface area contributed by atoms with Gasteiger partial charge in [0, 0.05) is 24.6 Å². The highest BCUT2D eigenvalue weighted by Gasteiger charge is 2.39. The van der Waals surface area contributed by atoms with E-state index in [-0.39, 0.29) is 36.2 Å². The van der Waals surface area contributed by atoms with E-state index in [0.717, 1.165) is 53.0 Å². The van der Waals surface area contributed by atoms with Gasteiger partial charge in [0.05, 0.1) is 23.7 Å². The molecule has 4 atom stereocenters. The summed E-state index contributed by atoms with van der Waals surface area (Å²) in [6, 6.07) is 33.0. The van der Waals surface area contributed by atoms with Crippen molar-refractivity contribution in [3.8, 4) is 11.1 Å². The van der Waals surface area contributed by atoms with E-state index in [0.29, 0.717) is 0 Å². The molecule has 0 bridgehead atoms. The van der Waals surface area contributed by atoms with E-state index < -0.39 is 16.3 Å². The van der Waals surface area contributed by atoms with Crippen molar-refractivity contribution in [1.82, 2.24) is 9.62 Å². The molecular weight excluding hydrogens is 717 g/mol. The molecule has 1 aliphatic rings. The fourth-order valence-electron chi connectivity index (χ4n) is 7.66. The van der Waals surface area contributed by atoms with Crippen LogP contribution in [0.1, 0.15) is 132 Å². The third-order valence-electron chi connectivity index (χ3n) is 11.2. The van der Waals surface area contributed by atoms with Gasteiger partial charge in [-0.2, -0.15) is 0 Å². The number of unbranched alkanes of at least 4 members (excludes halogenated alkanes) is 10. The van der Waals surface area contributed by atoms with Crippen LogP contribution in [-0.2, 0) is 32.6 Å². The van der Waals surface area contributed by atoms with Gasteiger partial charge in [-0.3, -0.25) is 0 Å². The quantitative estimate of drug-likeness (QED) is 0.0688. The molecule has 0 saturated carbocycles. The van der Waals surface area contributed by atoms with Gasteiger partial charge in [0.2, 0.25) is 10.0 Å². The van der Waals surface area contributed by atoms with E-state index in [1.165, 1.54) is 77.0 Å². The van der Waals surface area contributed by atoms with Gasteiger partial charge >= 0.3 is 0 Å².